The van der Waals surface area contributed by atoms with Gasteiger partial charge < -0.3 is 10.2 Å². The molecule has 1 N–H and O–H groups in total. The van der Waals surface area contributed by atoms with Crippen LogP contribution < -0.4 is 5.32 Å². The molecule has 0 radical (unpaired) electrons. The van der Waals surface area contributed by atoms with Crippen molar-refractivity contribution in [2.45, 2.75) is 32.2 Å². The van der Waals surface area contributed by atoms with Crippen molar-refractivity contribution in [3.05, 3.63) is 0 Å². The molecule has 5 heteroatoms. The van der Waals surface area contributed by atoms with Gasteiger partial charge in [0.25, 0.3) is 0 Å². The largest absolute Gasteiger partial charge is 0.345 e. The van der Waals surface area contributed by atoms with Crippen molar-refractivity contribution in [3.8, 4) is 0 Å². The molecule has 1 fully saturated rings. The van der Waals surface area contributed by atoms with Crippen LogP contribution in [0.4, 0.5) is 4.39 Å². The Balaban J connectivity index is 2.64. The number of carbonyl (C=O) groups excluding carboxylic acids is 2. The van der Waals surface area contributed by atoms with Crippen LogP contribution in [0, 0.1) is 0 Å². The van der Waals surface area contributed by atoms with Crippen LogP contribution in [0.5, 0.6) is 0 Å². The Kier molecular flexibility index (Phi) is 4.52. The van der Waals surface area contributed by atoms with Gasteiger partial charge in [-0.25, -0.2) is 0 Å². The molecule has 0 aromatic rings. The number of hydrogen-bond donors (Lipinski definition) is 1. The van der Waals surface area contributed by atoms with Crippen molar-refractivity contribution in [2.24, 2.45) is 0 Å². The number of carbonyl (C=O) groups is 2. The van der Waals surface area contributed by atoms with E-state index in [1.807, 2.05) is 6.92 Å². The summed E-state index contributed by atoms with van der Waals surface area (Å²) in [5, 5.41) is 2.55. The molecular weight excluding hydrogens is 199 g/mol. The van der Waals surface area contributed by atoms with E-state index in [2.05, 4.69) is 5.32 Å². The minimum atomic E-state index is -0.454. The number of alkyl halides is 1. The van der Waals surface area contributed by atoms with Gasteiger partial charge in [0.2, 0.25) is 11.8 Å². The van der Waals surface area contributed by atoms with E-state index >= 15 is 0 Å². The molecule has 0 aromatic heterocycles. The second-order valence-corrected chi connectivity index (χ2v) is 3.65. The van der Waals surface area contributed by atoms with Gasteiger partial charge >= 0.3 is 0 Å². The van der Waals surface area contributed by atoms with Gasteiger partial charge in [-0.15, -0.1) is 0 Å². The maximum Gasteiger partial charge on any atom is 0.243 e. The zero-order chi connectivity index (χ0) is 11.3. The molecule has 0 aliphatic carbocycles. The van der Waals surface area contributed by atoms with E-state index < -0.39 is 12.7 Å². The Morgan fingerprint density at radius 3 is 2.87 bits per heavy atom. The van der Waals surface area contributed by atoms with Crippen molar-refractivity contribution in [1.29, 1.82) is 0 Å². The maximum absolute atomic E-state index is 12.0. The summed E-state index contributed by atoms with van der Waals surface area (Å²) in [6.45, 7) is 1.89. The van der Waals surface area contributed by atoms with Crippen LogP contribution in [0.2, 0.25) is 0 Å². The van der Waals surface area contributed by atoms with E-state index in [1.165, 1.54) is 4.90 Å². The zero-order valence-electron chi connectivity index (χ0n) is 8.96. The van der Waals surface area contributed by atoms with Gasteiger partial charge in [-0.05, 0) is 12.8 Å². The Labute approximate surface area is 88.8 Å². The number of piperazine rings is 1. The Hall–Kier alpha value is -1.13. The van der Waals surface area contributed by atoms with Gasteiger partial charge in [-0.1, -0.05) is 13.3 Å². The van der Waals surface area contributed by atoms with Crippen LogP contribution in [0.1, 0.15) is 26.2 Å². The van der Waals surface area contributed by atoms with Crippen LogP contribution in [-0.2, 0) is 9.59 Å². The molecule has 0 saturated carbocycles. The third kappa shape index (κ3) is 2.91. The zero-order valence-corrected chi connectivity index (χ0v) is 8.96. The van der Waals surface area contributed by atoms with Gasteiger partial charge in [0.05, 0.1) is 13.2 Å². The maximum atomic E-state index is 12.0. The highest BCUT2D eigenvalue weighted by molar-refractivity contribution is 5.94. The molecule has 1 saturated heterocycles. The van der Waals surface area contributed by atoms with Crippen LogP contribution in [-0.4, -0.2) is 42.5 Å². The molecule has 4 nitrogen and oxygen atoms in total. The first kappa shape index (κ1) is 11.9. The van der Waals surface area contributed by atoms with Crippen LogP contribution in [0.3, 0.4) is 0 Å². The molecular formula is C10H17FN2O2. The molecule has 0 aromatic carbocycles. The van der Waals surface area contributed by atoms with Gasteiger partial charge in [0, 0.05) is 6.54 Å². The van der Waals surface area contributed by atoms with E-state index in [0.717, 1.165) is 6.42 Å². The predicted molar refractivity (Wildman–Crippen MR) is 54.0 cm³/mol. The highest BCUT2D eigenvalue weighted by Crippen LogP contribution is 2.12. The summed E-state index contributed by atoms with van der Waals surface area (Å²) in [7, 11) is 0. The third-order valence-corrected chi connectivity index (χ3v) is 2.51. The second-order valence-electron chi connectivity index (χ2n) is 3.65. The summed E-state index contributed by atoms with van der Waals surface area (Å²) in [6, 6.07) is -0.400. The SMILES string of the molecule is CCCC1C(=O)NCC(=O)N1CCCF. The molecule has 1 atom stereocenters. The molecule has 15 heavy (non-hydrogen) atoms. The van der Waals surface area contributed by atoms with E-state index in [0.29, 0.717) is 19.4 Å². The lowest BCUT2D eigenvalue weighted by Crippen LogP contribution is -2.58. The first-order valence-corrected chi connectivity index (χ1v) is 5.33. The summed E-state index contributed by atoms with van der Waals surface area (Å²) >= 11 is 0. The van der Waals surface area contributed by atoms with Crippen LogP contribution >= 0.6 is 0 Å². The molecule has 1 rings (SSSR count). The quantitative estimate of drug-likeness (QED) is 0.726. The Morgan fingerprint density at radius 1 is 1.53 bits per heavy atom. The smallest absolute Gasteiger partial charge is 0.243 e. The highest BCUT2D eigenvalue weighted by Gasteiger charge is 2.32. The average molecular weight is 216 g/mol. The molecule has 0 spiro atoms. The predicted octanol–water partition coefficient (Wildman–Crippen LogP) is 0.473. The van der Waals surface area contributed by atoms with Crippen LogP contribution in [0.15, 0.2) is 0 Å². The van der Waals surface area contributed by atoms with Crippen LogP contribution in [0.25, 0.3) is 0 Å². The fourth-order valence-corrected chi connectivity index (χ4v) is 1.77. The van der Waals surface area contributed by atoms with Gasteiger partial charge in [-0.2, -0.15) is 0 Å². The number of nitrogens with one attached hydrogen (secondary N) is 1. The summed E-state index contributed by atoms with van der Waals surface area (Å²) in [5.74, 6) is -0.225. The van der Waals surface area contributed by atoms with Crippen molar-refractivity contribution < 1.29 is 14.0 Å². The topological polar surface area (TPSA) is 49.4 Å². The molecule has 2 amide bonds. The van der Waals surface area contributed by atoms with Crippen molar-refractivity contribution in [2.75, 3.05) is 19.8 Å². The lowest BCUT2D eigenvalue weighted by atomic mass is 10.1. The van der Waals surface area contributed by atoms with Gasteiger partial charge in [0.15, 0.2) is 0 Å². The average Bonchev–Trinajstić information content (AvgIpc) is 2.23. The Morgan fingerprint density at radius 2 is 2.27 bits per heavy atom. The summed E-state index contributed by atoms with van der Waals surface area (Å²) in [5.41, 5.74) is 0. The lowest BCUT2D eigenvalue weighted by Gasteiger charge is -2.34. The van der Waals surface area contributed by atoms with Crippen molar-refractivity contribution in [1.82, 2.24) is 10.2 Å². The molecule has 0 bridgehead atoms. The standard InChI is InChI=1S/C10H17FN2O2/c1-2-4-8-10(15)12-7-9(14)13(8)6-3-5-11/h8H,2-7H2,1H3,(H,12,15). The van der Waals surface area contributed by atoms with Gasteiger partial charge in [-0.3, -0.25) is 14.0 Å². The van der Waals surface area contributed by atoms with E-state index in [4.69, 9.17) is 0 Å². The van der Waals surface area contributed by atoms with Crippen molar-refractivity contribution in [3.63, 3.8) is 0 Å². The van der Waals surface area contributed by atoms with E-state index in [1.54, 1.807) is 0 Å². The van der Waals surface area contributed by atoms with Gasteiger partial charge in [0.1, 0.15) is 6.04 Å². The third-order valence-electron chi connectivity index (χ3n) is 2.51. The van der Waals surface area contributed by atoms with E-state index in [9.17, 15) is 14.0 Å². The number of nitrogens with zero attached hydrogens (tertiary/aromatic N) is 1. The number of halogens is 1. The second kappa shape index (κ2) is 5.68. The first-order valence-electron chi connectivity index (χ1n) is 5.33. The number of amides is 2. The summed E-state index contributed by atoms with van der Waals surface area (Å²) in [4.78, 5) is 24.5. The number of hydrogen-bond acceptors (Lipinski definition) is 2. The molecule has 1 aliphatic heterocycles. The summed E-state index contributed by atoms with van der Waals surface area (Å²) in [6.07, 6.45) is 1.78. The molecule has 1 aliphatic rings. The monoisotopic (exact) mass is 216 g/mol. The minimum Gasteiger partial charge on any atom is -0.345 e. The minimum absolute atomic E-state index is 0.0470. The highest BCUT2D eigenvalue weighted by atomic mass is 19.1. The fraction of sp³-hybridized carbons (Fsp3) is 0.800. The number of rotatable bonds is 5. The molecule has 86 valence electrons. The molecule has 1 heterocycles. The fourth-order valence-electron chi connectivity index (χ4n) is 1.77. The van der Waals surface area contributed by atoms with Crippen molar-refractivity contribution >= 4 is 11.8 Å². The Bertz CT molecular complexity index is 246. The molecule has 1 unspecified atom stereocenters. The normalized spacial score (nSPS) is 21.7. The summed E-state index contributed by atoms with van der Waals surface area (Å²) < 4.78 is 12.0. The van der Waals surface area contributed by atoms with E-state index in [-0.39, 0.29) is 18.4 Å². The lowest BCUT2D eigenvalue weighted by molar-refractivity contribution is -0.145. The first-order chi connectivity index (χ1) is 7.20.